The highest BCUT2D eigenvalue weighted by Gasteiger charge is 2.57. The monoisotopic (exact) mass is 386 g/mol. The second-order valence-corrected chi connectivity index (χ2v) is 7.23. The van der Waals surface area contributed by atoms with E-state index in [0.29, 0.717) is 5.56 Å². The number of esters is 2. The van der Waals surface area contributed by atoms with Crippen molar-refractivity contribution in [3.05, 3.63) is 60.7 Å². The summed E-state index contributed by atoms with van der Waals surface area (Å²) in [6.07, 6.45) is 2.46. The predicted molar refractivity (Wildman–Crippen MR) is 103 cm³/mol. The Hall–Kier alpha value is -2.73. The van der Waals surface area contributed by atoms with Crippen LogP contribution >= 0.6 is 0 Å². The first-order valence-corrected chi connectivity index (χ1v) is 9.09. The van der Waals surface area contributed by atoms with Gasteiger partial charge in [0.05, 0.1) is 11.5 Å². The molecule has 0 saturated heterocycles. The van der Waals surface area contributed by atoms with E-state index < -0.39 is 41.1 Å². The van der Waals surface area contributed by atoms with Crippen molar-refractivity contribution in [2.24, 2.45) is 11.8 Å². The van der Waals surface area contributed by atoms with Gasteiger partial charge in [0, 0.05) is 12.3 Å². The molecule has 6 nitrogen and oxygen atoms in total. The van der Waals surface area contributed by atoms with Gasteiger partial charge in [-0.1, -0.05) is 55.1 Å². The quantitative estimate of drug-likeness (QED) is 0.440. The van der Waals surface area contributed by atoms with Gasteiger partial charge in [-0.3, -0.25) is 14.4 Å². The number of hydrogen-bond donors (Lipinski definition) is 1. The maximum absolute atomic E-state index is 12.8. The highest BCUT2D eigenvalue weighted by molar-refractivity contribution is 6.02. The Morgan fingerprint density at radius 1 is 1.14 bits per heavy atom. The Labute approximate surface area is 164 Å². The Morgan fingerprint density at radius 2 is 1.68 bits per heavy atom. The fourth-order valence-corrected chi connectivity index (χ4v) is 3.67. The van der Waals surface area contributed by atoms with Gasteiger partial charge in [-0.05, 0) is 19.4 Å². The summed E-state index contributed by atoms with van der Waals surface area (Å²) in [5.41, 5.74) is -0.102. The Morgan fingerprint density at radius 3 is 2.21 bits per heavy atom. The smallest absolute Gasteiger partial charge is 0.317 e. The van der Waals surface area contributed by atoms with Crippen LogP contribution in [-0.4, -0.2) is 41.6 Å². The van der Waals surface area contributed by atoms with Crippen LogP contribution in [0.5, 0.6) is 0 Å². The van der Waals surface area contributed by atoms with E-state index in [1.807, 2.05) is 19.1 Å². The van der Waals surface area contributed by atoms with Gasteiger partial charge < -0.3 is 14.6 Å². The van der Waals surface area contributed by atoms with Gasteiger partial charge in [0.2, 0.25) is 0 Å². The van der Waals surface area contributed by atoms with E-state index in [9.17, 15) is 19.5 Å². The molecule has 0 aliphatic heterocycles. The number of ketones is 1. The minimum atomic E-state index is -1.67. The zero-order chi connectivity index (χ0) is 20.9. The first-order valence-electron chi connectivity index (χ1n) is 9.09. The molecule has 0 amide bonds. The van der Waals surface area contributed by atoms with Crippen LogP contribution in [0.25, 0.3) is 0 Å². The lowest BCUT2D eigenvalue weighted by Crippen LogP contribution is -2.55. The van der Waals surface area contributed by atoms with Crippen LogP contribution in [0.4, 0.5) is 0 Å². The summed E-state index contributed by atoms with van der Waals surface area (Å²) in [7, 11) is 0. The van der Waals surface area contributed by atoms with Crippen LogP contribution in [0.1, 0.15) is 30.4 Å². The highest BCUT2D eigenvalue weighted by atomic mass is 16.5. The highest BCUT2D eigenvalue weighted by Crippen LogP contribution is 2.46. The van der Waals surface area contributed by atoms with Gasteiger partial charge in [-0.2, -0.15) is 0 Å². The molecule has 1 saturated carbocycles. The molecule has 1 N–H and O–H groups in total. The van der Waals surface area contributed by atoms with Crippen LogP contribution < -0.4 is 0 Å². The fourth-order valence-electron chi connectivity index (χ4n) is 3.67. The summed E-state index contributed by atoms with van der Waals surface area (Å²) in [6.45, 7) is 10.2. The normalized spacial score (nSPS) is 27.0. The Kier molecular flexibility index (Phi) is 6.91. The predicted octanol–water partition coefficient (Wildman–Crippen LogP) is 2.49. The number of carbonyl (C=O) groups is 3. The number of ether oxygens (including phenoxy) is 2. The molecule has 0 radical (unpaired) electrons. The molecular weight excluding hydrogens is 360 g/mol. The average Bonchev–Trinajstić information content (AvgIpc) is 2.63. The maximum atomic E-state index is 12.8. The molecule has 0 heterocycles. The van der Waals surface area contributed by atoms with Crippen molar-refractivity contribution in [2.75, 3.05) is 13.2 Å². The summed E-state index contributed by atoms with van der Waals surface area (Å²) in [4.78, 5) is 38.3. The number of benzene rings is 1. The molecule has 0 aromatic heterocycles. The van der Waals surface area contributed by atoms with Gasteiger partial charge >= 0.3 is 11.9 Å². The van der Waals surface area contributed by atoms with E-state index in [1.165, 1.54) is 19.1 Å². The van der Waals surface area contributed by atoms with Crippen LogP contribution in [0.15, 0.2) is 49.6 Å². The molecule has 1 aromatic carbocycles. The third-order valence-electron chi connectivity index (χ3n) is 4.92. The zero-order valence-corrected chi connectivity index (χ0v) is 16.2. The van der Waals surface area contributed by atoms with Crippen molar-refractivity contribution < 1.29 is 29.0 Å². The molecule has 6 heteroatoms. The van der Waals surface area contributed by atoms with E-state index in [4.69, 9.17) is 9.47 Å². The largest absolute Gasteiger partial charge is 0.461 e. The zero-order valence-electron chi connectivity index (χ0n) is 16.2. The van der Waals surface area contributed by atoms with Crippen molar-refractivity contribution in [2.45, 2.75) is 31.8 Å². The lowest BCUT2D eigenvalue weighted by Gasteiger charge is -2.43. The van der Waals surface area contributed by atoms with Crippen molar-refractivity contribution >= 4 is 17.7 Å². The van der Waals surface area contributed by atoms with E-state index in [-0.39, 0.29) is 19.6 Å². The van der Waals surface area contributed by atoms with Crippen LogP contribution in [-0.2, 0) is 23.9 Å². The maximum Gasteiger partial charge on any atom is 0.317 e. The SMILES string of the molecule is C=CCOC(=O)[C@@H]1C(=O)C[C@](C)(O)[C@H](C(=O)OCC=C)[C@H]1c1ccc(C)cc1. The number of carbonyl (C=O) groups excluding carboxylic acids is 3. The lowest BCUT2D eigenvalue weighted by atomic mass is 9.61. The standard InChI is InChI=1S/C22H26O6/c1-5-11-27-20(24)18-16(23)13-22(4,26)19(21(25)28-12-6-2)17(18)15-9-7-14(3)8-10-15/h5-10,17-19,26H,1-2,11-13H2,3-4H3/t17-,18+,19-,22-/m0/s1. The number of Topliss-reactive ketones (excluding diaryl/α,β-unsaturated/α-hetero) is 1. The molecule has 1 fully saturated rings. The van der Waals surface area contributed by atoms with Gasteiger partial charge in [0.25, 0.3) is 0 Å². The topological polar surface area (TPSA) is 89.9 Å². The first-order chi connectivity index (χ1) is 13.2. The van der Waals surface area contributed by atoms with Crippen LogP contribution in [0.3, 0.4) is 0 Å². The molecule has 4 atom stereocenters. The molecule has 150 valence electrons. The third-order valence-corrected chi connectivity index (χ3v) is 4.92. The van der Waals surface area contributed by atoms with Gasteiger partial charge in [0.1, 0.15) is 19.1 Å². The molecule has 1 aromatic rings. The summed E-state index contributed by atoms with van der Waals surface area (Å²) in [5, 5.41) is 10.9. The molecule has 1 aliphatic rings. The molecule has 28 heavy (non-hydrogen) atoms. The average molecular weight is 386 g/mol. The summed E-state index contributed by atoms with van der Waals surface area (Å²) < 4.78 is 10.3. The molecular formula is C22H26O6. The first kappa shape index (κ1) is 21.6. The third kappa shape index (κ3) is 4.57. The second-order valence-electron chi connectivity index (χ2n) is 7.23. The Balaban J connectivity index is 2.56. The molecule has 2 rings (SSSR count). The summed E-state index contributed by atoms with van der Waals surface area (Å²) in [6, 6.07) is 7.13. The van der Waals surface area contributed by atoms with Gasteiger partial charge in [-0.15, -0.1) is 0 Å². The molecule has 1 aliphatic carbocycles. The number of aliphatic hydroxyl groups is 1. The van der Waals surface area contributed by atoms with Crippen LogP contribution in [0, 0.1) is 18.8 Å². The summed E-state index contributed by atoms with van der Waals surface area (Å²) >= 11 is 0. The molecule has 0 unspecified atom stereocenters. The summed E-state index contributed by atoms with van der Waals surface area (Å²) in [5.74, 6) is -5.15. The van der Waals surface area contributed by atoms with Crippen molar-refractivity contribution in [1.82, 2.24) is 0 Å². The second kappa shape index (κ2) is 8.97. The van der Waals surface area contributed by atoms with E-state index in [1.54, 1.807) is 12.1 Å². The van der Waals surface area contributed by atoms with E-state index in [2.05, 4.69) is 13.2 Å². The minimum Gasteiger partial charge on any atom is -0.461 e. The number of rotatable bonds is 7. The van der Waals surface area contributed by atoms with E-state index >= 15 is 0 Å². The molecule has 0 bridgehead atoms. The molecule has 0 spiro atoms. The Bertz CT molecular complexity index is 762. The number of hydrogen-bond acceptors (Lipinski definition) is 6. The fraction of sp³-hybridized carbons (Fsp3) is 0.409. The van der Waals surface area contributed by atoms with Crippen LogP contribution in [0.2, 0.25) is 0 Å². The van der Waals surface area contributed by atoms with Crippen molar-refractivity contribution in [1.29, 1.82) is 0 Å². The van der Waals surface area contributed by atoms with Gasteiger partial charge in [0.15, 0.2) is 5.78 Å². The van der Waals surface area contributed by atoms with E-state index in [0.717, 1.165) is 5.56 Å². The van der Waals surface area contributed by atoms with Crippen molar-refractivity contribution in [3.8, 4) is 0 Å². The lowest BCUT2D eigenvalue weighted by molar-refractivity contribution is -0.171. The van der Waals surface area contributed by atoms with Crippen molar-refractivity contribution in [3.63, 3.8) is 0 Å². The van der Waals surface area contributed by atoms with Gasteiger partial charge in [-0.25, -0.2) is 0 Å². The minimum absolute atomic E-state index is 0.0362. The number of aryl methyl sites for hydroxylation is 1.